The van der Waals surface area contributed by atoms with Crippen LogP contribution in [0.4, 0.5) is 4.79 Å². The Kier molecular flexibility index (Phi) is 8.10. The number of ether oxygens (including phenoxy) is 2. The molecule has 3 aromatic rings. The van der Waals surface area contributed by atoms with Crippen molar-refractivity contribution >= 4 is 46.6 Å². The second-order valence-electron chi connectivity index (χ2n) is 8.84. The number of carbonyl (C=O) groups is 3. The molecule has 0 atom stereocenters. The van der Waals surface area contributed by atoms with Crippen LogP contribution in [0.5, 0.6) is 5.75 Å². The zero-order valence-corrected chi connectivity index (χ0v) is 22.6. The van der Waals surface area contributed by atoms with Crippen LogP contribution in [0.3, 0.4) is 0 Å². The van der Waals surface area contributed by atoms with Crippen LogP contribution in [0.15, 0.2) is 59.5 Å². The minimum atomic E-state index is -0.615. The topological polar surface area (TPSA) is 77.8 Å². The number of nitrogens with zero attached hydrogens (tertiary/aromatic N) is 2. The van der Waals surface area contributed by atoms with Crippen LogP contribution >= 0.6 is 23.4 Å². The summed E-state index contributed by atoms with van der Waals surface area (Å²) in [4.78, 5) is 38.3. The molecule has 1 aliphatic rings. The number of amides is 2. The predicted molar refractivity (Wildman–Crippen MR) is 145 cm³/mol. The highest BCUT2D eigenvalue weighted by Gasteiger charge is 2.37. The summed E-state index contributed by atoms with van der Waals surface area (Å²) >= 11 is 7.03. The van der Waals surface area contributed by atoms with Gasteiger partial charge < -0.3 is 14.0 Å². The molecule has 4 rings (SSSR count). The van der Waals surface area contributed by atoms with E-state index in [4.69, 9.17) is 21.1 Å². The van der Waals surface area contributed by atoms with E-state index in [9.17, 15) is 14.4 Å². The summed E-state index contributed by atoms with van der Waals surface area (Å²) < 4.78 is 13.0. The summed E-state index contributed by atoms with van der Waals surface area (Å²) in [7, 11) is 0. The van der Waals surface area contributed by atoms with E-state index >= 15 is 0 Å². The highest BCUT2D eigenvalue weighted by Crippen LogP contribution is 2.34. The van der Waals surface area contributed by atoms with Gasteiger partial charge in [-0.3, -0.25) is 19.3 Å². The fraction of sp³-hybridized carbons (Fsp3) is 0.250. The van der Waals surface area contributed by atoms with Gasteiger partial charge in [0.25, 0.3) is 11.1 Å². The number of hydrogen-bond donors (Lipinski definition) is 0. The van der Waals surface area contributed by atoms with Gasteiger partial charge in [0.05, 0.1) is 11.0 Å². The Balaban J connectivity index is 1.49. The van der Waals surface area contributed by atoms with E-state index in [2.05, 4.69) is 4.57 Å². The lowest BCUT2D eigenvalue weighted by atomic mass is 10.2. The van der Waals surface area contributed by atoms with Crippen LogP contribution in [0.2, 0.25) is 5.02 Å². The van der Waals surface area contributed by atoms with Crippen molar-refractivity contribution in [2.75, 3.05) is 6.54 Å². The molecule has 7 nitrogen and oxygen atoms in total. The zero-order chi connectivity index (χ0) is 26.7. The SMILES string of the molecule is Cc1cc(/C=C2/SC(=O)N(CC(=O)OC(C)C)C2=O)c(C)n1-c1ccc(OCc2ccccc2Cl)cc1. The number of hydrogen-bond acceptors (Lipinski definition) is 6. The number of aromatic nitrogens is 1. The van der Waals surface area contributed by atoms with Gasteiger partial charge in [-0.05, 0) is 87.5 Å². The summed E-state index contributed by atoms with van der Waals surface area (Å²) in [6, 6.07) is 17.2. The monoisotopic (exact) mass is 538 g/mol. The first kappa shape index (κ1) is 26.6. The van der Waals surface area contributed by atoms with Crippen molar-refractivity contribution in [2.24, 2.45) is 0 Å². The maximum Gasteiger partial charge on any atom is 0.326 e. The Bertz CT molecular complexity index is 1380. The number of benzene rings is 2. The van der Waals surface area contributed by atoms with E-state index in [1.54, 1.807) is 19.9 Å². The summed E-state index contributed by atoms with van der Waals surface area (Å²) in [5, 5.41) is 0.178. The van der Waals surface area contributed by atoms with E-state index in [1.807, 2.05) is 68.4 Å². The summed E-state index contributed by atoms with van der Waals surface area (Å²) in [5.41, 5.74) is 4.54. The Labute approximate surface area is 225 Å². The molecule has 0 aliphatic carbocycles. The third kappa shape index (κ3) is 6.09. The molecule has 9 heteroatoms. The molecule has 0 bridgehead atoms. The van der Waals surface area contributed by atoms with E-state index < -0.39 is 23.7 Å². The van der Waals surface area contributed by atoms with Gasteiger partial charge in [-0.1, -0.05) is 29.8 Å². The first-order chi connectivity index (χ1) is 17.6. The molecule has 0 radical (unpaired) electrons. The first-order valence-electron chi connectivity index (χ1n) is 11.7. The molecule has 0 unspecified atom stereocenters. The van der Waals surface area contributed by atoms with Crippen molar-refractivity contribution in [1.29, 1.82) is 0 Å². The van der Waals surface area contributed by atoms with Crippen molar-refractivity contribution in [1.82, 2.24) is 9.47 Å². The highest BCUT2D eigenvalue weighted by atomic mass is 35.5. The standard InChI is InChI=1S/C28H27ClN2O5S/c1-17(2)36-26(32)15-30-27(33)25(37-28(30)34)14-21-13-18(3)31(19(21)4)22-9-11-23(12-10-22)35-16-20-7-5-6-8-24(20)29/h5-14,17H,15-16H2,1-4H3/b25-14+. The molecule has 37 heavy (non-hydrogen) atoms. The van der Waals surface area contributed by atoms with Crippen LogP contribution in [0.25, 0.3) is 11.8 Å². The van der Waals surface area contributed by atoms with Crippen molar-refractivity contribution in [3.8, 4) is 11.4 Å². The first-order valence-corrected chi connectivity index (χ1v) is 12.9. The summed E-state index contributed by atoms with van der Waals surface area (Å²) in [6.07, 6.45) is 1.37. The molecule has 1 aromatic heterocycles. The normalized spacial score (nSPS) is 14.6. The van der Waals surface area contributed by atoms with Gasteiger partial charge >= 0.3 is 5.97 Å². The summed E-state index contributed by atoms with van der Waals surface area (Å²) in [5.74, 6) is -0.396. The van der Waals surface area contributed by atoms with Gasteiger partial charge in [-0.15, -0.1) is 0 Å². The van der Waals surface area contributed by atoms with Crippen molar-refractivity contribution in [2.45, 2.75) is 40.4 Å². The smallest absolute Gasteiger partial charge is 0.326 e. The number of thioether (sulfide) groups is 1. The second-order valence-corrected chi connectivity index (χ2v) is 10.2. The molecule has 2 amide bonds. The Morgan fingerprint density at radius 2 is 1.78 bits per heavy atom. The zero-order valence-electron chi connectivity index (χ0n) is 21.0. The fourth-order valence-corrected chi connectivity index (χ4v) is 5.03. The Morgan fingerprint density at radius 3 is 2.46 bits per heavy atom. The van der Waals surface area contributed by atoms with Gasteiger partial charge in [0.1, 0.15) is 18.9 Å². The van der Waals surface area contributed by atoms with Crippen molar-refractivity contribution < 1.29 is 23.9 Å². The second kappa shape index (κ2) is 11.3. The summed E-state index contributed by atoms with van der Waals surface area (Å²) in [6.45, 7) is 7.31. The Hall–Kier alpha value is -3.49. The highest BCUT2D eigenvalue weighted by molar-refractivity contribution is 8.18. The number of aryl methyl sites for hydroxylation is 1. The van der Waals surface area contributed by atoms with Gasteiger partial charge in [-0.25, -0.2) is 0 Å². The molecular weight excluding hydrogens is 512 g/mol. The van der Waals surface area contributed by atoms with Gasteiger partial charge in [0.2, 0.25) is 0 Å². The van der Waals surface area contributed by atoms with E-state index in [-0.39, 0.29) is 11.0 Å². The molecule has 0 spiro atoms. The van der Waals surface area contributed by atoms with Crippen molar-refractivity contribution in [3.63, 3.8) is 0 Å². The minimum Gasteiger partial charge on any atom is -0.489 e. The van der Waals surface area contributed by atoms with Gasteiger partial charge in [-0.2, -0.15) is 0 Å². The predicted octanol–water partition coefficient (Wildman–Crippen LogP) is 6.31. The molecule has 1 fully saturated rings. The number of carbonyl (C=O) groups excluding carboxylic acids is 3. The molecule has 2 aromatic carbocycles. The van der Waals surface area contributed by atoms with E-state index in [0.717, 1.165) is 50.6 Å². The maximum absolute atomic E-state index is 12.8. The van der Waals surface area contributed by atoms with Crippen LogP contribution in [-0.2, 0) is 20.9 Å². The quantitative estimate of drug-likeness (QED) is 0.247. The van der Waals surface area contributed by atoms with Crippen LogP contribution in [-0.4, -0.2) is 39.2 Å². The molecule has 1 aliphatic heterocycles. The third-order valence-electron chi connectivity index (χ3n) is 5.73. The van der Waals surface area contributed by atoms with Gasteiger partial charge in [0.15, 0.2) is 0 Å². The number of rotatable bonds is 8. The lowest BCUT2D eigenvalue weighted by molar-refractivity contribution is -0.149. The van der Waals surface area contributed by atoms with E-state index in [0.29, 0.717) is 11.6 Å². The third-order valence-corrected chi connectivity index (χ3v) is 7.01. The molecule has 192 valence electrons. The molecule has 2 heterocycles. The average Bonchev–Trinajstić information content (AvgIpc) is 3.27. The average molecular weight is 539 g/mol. The Morgan fingerprint density at radius 1 is 1.08 bits per heavy atom. The lowest BCUT2D eigenvalue weighted by Crippen LogP contribution is -2.35. The number of halogens is 1. The molecule has 0 saturated carbocycles. The molecule has 0 N–H and O–H groups in total. The van der Waals surface area contributed by atoms with Crippen LogP contribution < -0.4 is 4.74 Å². The largest absolute Gasteiger partial charge is 0.489 e. The van der Waals surface area contributed by atoms with Gasteiger partial charge in [0, 0.05) is 27.7 Å². The number of imide groups is 1. The van der Waals surface area contributed by atoms with E-state index in [1.165, 1.54) is 0 Å². The molecular formula is C28H27ClN2O5S. The lowest BCUT2D eigenvalue weighted by Gasteiger charge is -2.13. The van der Waals surface area contributed by atoms with Crippen LogP contribution in [0.1, 0.15) is 36.4 Å². The van der Waals surface area contributed by atoms with Crippen molar-refractivity contribution in [3.05, 3.63) is 87.0 Å². The maximum atomic E-state index is 12.8. The number of esters is 1. The fourth-order valence-electron chi connectivity index (χ4n) is 4.01. The molecule has 1 saturated heterocycles. The van der Waals surface area contributed by atoms with Crippen LogP contribution in [0, 0.1) is 13.8 Å². The minimum absolute atomic E-state index is 0.269.